The molecule has 2 aliphatic rings. The van der Waals surface area contributed by atoms with Crippen molar-refractivity contribution in [3.05, 3.63) is 77.6 Å². The number of fused-ring (bicyclic) bond motifs is 1. The van der Waals surface area contributed by atoms with Crippen LogP contribution in [0.1, 0.15) is 29.5 Å². The van der Waals surface area contributed by atoms with Gasteiger partial charge in [0, 0.05) is 37.9 Å². The number of hydrogen-bond donors (Lipinski definition) is 2. The Hall–Kier alpha value is -2.75. The Labute approximate surface area is 205 Å². The van der Waals surface area contributed by atoms with Crippen LogP contribution in [-0.2, 0) is 18.5 Å². The van der Waals surface area contributed by atoms with Crippen molar-refractivity contribution in [2.24, 2.45) is 4.99 Å². The summed E-state index contributed by atoms with van der Waals surface area (Å²) in [5, 5.41) is 11.3. The SMILES string of the molecule is CN=C(NCc1ccccc1Cn1cccn1)NCC1(c2ccc3c(c2)OCO3)CC1.I. The van der Waals surface area contributed by atoms with E-state index in [2.05, 4.69) is 57.1 Å². The number of hydrogen-bond acceptors (Lipinski definition) is 4. The smallest absolute Gasteiger partial charge is 0.231 e. The average Bonchev–Trinajstić information content (AvgIpc) is 3.18. The van der Waals surface area contributed by atoms with Crippen LogP contribution in [0.3, 0.4) is 0 Å². The second-order valence-corrected chi connectivity index (χ2v) is 8.10. The van der Waals surface area contributed by atoms with Crippen molar-refractivity contribution in [3.63, 3.8) is 0 Å². The Kier molecular flexibility index (Phi) is 6.88. The van der Waals surface area contributed by atoms with Gasteiger partial charge in [0.15, 0.2) is 17.5 Å². The molecule has 8 heteroatoms. The largest absolute Gasteiger partial charge is 0.454 e. The first-order valence-corrected chi connectivity index (χ1v) is 10.6. The highest BCUT2D eigenvalue weighted by molar-refractivity contribution is 14.0. The highest BCUT2D eigenvalue weighted by Gasteiger charge is 2.44. The number of benzene rings is 2. The Morgan fingerprint density at radius 1 is 1.06 bits per heavy atom. The minimum absolute atomic E-state index is 0. The van der Waals surface area contributed by atoms with E-state index in [9.17, 15) is 0 Å². The predicted octanol–water partition coefficient (Wildman–Crippen LogP) is 3.67. The van der Waals surface area contributed by atoms with E-state index >= 15 is 0 Å². The van der Waals surface area contributed by atoms with Gasteiger partial charge in [-0.2, -0.15) is 5.10 Å². The number of guanidine groups is 1. The first-order chi connectivity index (χ1) is 15.3. The lowest BCUT2D eigenvalue weighted by molar-refractivity contribution is 0.174. The number of nitrogens with one attached hydrogen (secondary N) is 2. The molecule has 0 spiro atoms. The number of aliphatic imine (C=N–C) groups is 1. The van der Waals surface area contributed by atoms with Crippen LogP contribution in [0.15, 0.2) is 65.9 Å². The maximum atomic E-state index is 5.56. The summed E-state index contributed by atoms with van der Waals surface area (Å²) in [6.07, 6.45) is 6.10. The van der Waals surface area contributed by atoms with Crippen molar-refractivity contribution in [1.29, 1.82) is 0 Å². The summed E-state index contributed by atoms with van der Waals surface area (Å²) in [4.78, 5) is 4.42. The number of rotatable bonds is 7. The quantitative estimate of drug-likeness (QED) is 0.270. The summed E-state index contributed by atoms with van der Waals surface area (Å²) in [5.41, 5.74) is 3.91. The summed E-state index contributed by atoms with van der Waals surface area (Å²) in [6, 6.07) is 16.7. The lowest BCUT2D eigenvalue weighted by Gasteiger charge is -2.20. The van der Waals surface area contributed by atoms with Gasteiger partial charge >= 0.3 is 0 Å². The molecule has 1 aliphatic carbocycles. The van der Waals surface area contributed by atoms with E-state index in [1.54, 1.807) is 6.20 Å². The zero-order valence-corrected chi connectivity index (χ0v) is 20.4. The van der Waals surface area contributed by atoms with Crippen molar-refractivity contribution >= 4 is 29.9 Å². The third-order valence-electron chi connectivity index (χ3n) is 6.11. The zero-order chi connectivity index (χ0) is 21.1. The Morgan fingerprint density at radius 2 is 1.88 bits per heavy atom. The average molecular weight is 545 g/mol. The maximum Gasteiger partial charge on any atom is 0.231 e. The van der Waals surface area contributed by atoms with Gasteiger partial charge in [-0.3, -0.25) is 9.67 Å². The molecule has 2 heterocycles. The molecular weight excluding hydrogens is 517 g/mol. The summed E-state index contributed by atoms with van der Waals surface area (Å²) in [7, 11) is 1.81. The van der Waals surface area contributed by atoms with Crippen LogP contribution in [0.4, 0.5) is 0 Å². The van der Waals surface area contributed by atoms with E-state index in [4.69, 9.17) is 9.47 Å². The molecule has 1 aromatic heterocycles. The van der Waals surface area contributed by atoms with E-state index in [0.29, 0.717) is 13.3 Å². The van der Waals surface area contributed by atoms with Crippen molar-refractivity contribution < 1.29 is 9.47 Å². The number of halogens is 1. The Morgan fingerprint density at radius 3 is 2.62 bits per heavy atom. The normalized spacial score (nSPS) is 15.7. The fourth-order valence-corrected chi connectivity index (χ4v) is 4.05. The minimum Gasteiger partial charge on any atom is -0.454 e. The lowest BCUT2D eigenvalue weighted by Crippen LogP contribution is -2.41. The highest BCUT2D eigenvalue weighted by Crippen LogP contribution is 2.49. The van der Waals surface area contributed by atoms with Crippen LogP contribution in [0, 0.1) is 0 Å². The van der Waals surface area contributed by atoms with E-state index in [1.807, 2.05) is 30.1 Å². The van der Waals surface area contributed by atoms with Crippen molar-refractivity contribution in [1.82, 2.24) is 20.4 Å². The summed E-state index contributed by atoms with van der Waals surface area (Å²) in [5.74, 6) is 2.49. The van der Waals surface area contributed by atoms with Gasteiger partial charge in [-0.05, 0) is 47.7 Å². The number of ether oxygens (including phenoxy) is 2. The molecule has 0 unspecified atom stereocenters. The van der Waals surface area contributed by atoms with Gasteiger partial charge in [-0.25, -0.2) is 0 Å². The van der Waals surface area contributed by atoms with Crippen LogP contribution in [0.2, 0.25) is 0 Å². The zero-order valence-electron chi connectivity index (χ0n) is 18.1. The second kappa shape index (κ2) is 9.81. The number of nitrogens with zero attached hydrogens (tertiary/aromatic N) is 3. The van der Waals surface area contributed by atoms with Crippen LogP contribution in [0.25, 0.3) is 0 Å². The van der Waals surface area contributed by atoms with Crippen LogP contribution in [-0.4, -0.2) is 36.1 Å². The minimum atomic E-state index is 0. The van der Waals surface area contributed by atoms with Crippen LogP contribution < -0.4 is 20.1 Å². The maximum absolute atomic E-state index is 5.56. The molecule has 32 heavy (non-hydrogen) atoms. The monoisotopic (exact) mass is 545 g/mol. The molecular formula is C24H28IN5O2. The van der Waals surface area contributed by atoms with E-state index in [-0.39, 0.29) is 29.4 Å². The third-order valence-corrected chi connectivity index (χ3v) is 6.11. The first-order valence-electron chi connectivity index (χ1n) is 10.6. The van der Waals surface area contributed by atoms with Gasteiger partial charge in [0.1, 0.15) is 0 Å². The molecule has 0 amide bonds. The topological polar surface area (TPSA) is 72.7 Å². The first kappa shape index (κ1) is 22.4. The molecule has 3 aromatic rings. The van der Waals surface area contributed by atoms with Gasteiger partial charge in [0.2, 0.25) is 6.79 Å². The van der Waals surface area contributed by atoms with Crippen LogP contribution in [0.5, 0.6) is 11.5 Å². The molecule has 7 nitrogen and oxygen atoms in total. The summed E-state index contributed by atoms with van der Waals surface area (Å²) < 4.78 is 12.9. The highest BCUT2D eigenvalue weighted by atomic mass is 127. The second-order valence-electron chi connectivity index (χ2n) is 8.10. The lowest BCUT2D eigenvalue weighted by atomic mass is 9.95. The van der Waals surface area contributed by atoms with E-state index in [0.717, 1.165) is 43.4 Å². The molecule has 2 aromatic carbocycles. The molecule has 0 bridgehead atoms. The van der Waals surface area contributed by atoms with Crippen molar-refractivity contribution in [2.45, 2.75) is 31.3 Å². The molecule has 0 radical (unpaired) electrons. The molecule has 1 fully saturated rings. The standard InChI is InChI=1S/C24H27N5O2.HI/c1-25-23(26-14-18-5-2-3-6-19(18)15-29-12-4-11-28-29)27-16-24(9-10-24)20-7-8-21-22(13-20)31-17-30-21;/h2-8,11-13H,9-10,14-17H2,1H3,(H2,25,26,27);1H. The molecule has 5 rings (SSSR count). The van der Waals surface area contributed by atoms with Gasteiger partial charge < -0.3 is 20.1 Å². The van der Waals surface area contributed by atoms with E-state index < -0.39 is 0 Å². The third kappa shape index (κ3) is 4.85. The van der Waals surface area contributed by atoms with Gasteiger partial charge in [-0.1, -0.05) is 30.3 Å². The van der Waals surface area contributed by atoms with Crippen LogP contribution >= 0.6 is 24.0 Å². The molecule has 0 saturated heterocycles. The fraction of sp³-hybridized carbons (Fsp3) is 0.333. The summed E-state index contributed by atoms with van der Waals surface area (Å²) in [6.45, 7) is 2.60. The Bertz CT molecular complexity index is 1080. The van der Waals surface area contributed by atoms with Gasteiger partial charge in [0.05, 0.1) is 6.54 Å². The molecule has 0 atom stereocenters. The van der Waals surface area contributed by atoms with Crippen molar-refractivity contribution in [3.8, 4) is 11.5 Å². The van der Waals surface area contributed by atoms with Gasteiger partial charge in [0.25, 0.3) is 0 Å². The van der Waals surface area contributed by atoms with Gasteiger partial charge in [-0.15, -0.1) is 24.0 Å². The molecule has 1 saturated carbocycles. The van der Waals surface area contributed by atoms with Crippen molar-refractivity contribution in [2.75, 3.05) is 20.4 Å². The summed E-state index contributed by atoms with van der Waals surface area (Å²) >= 11 is 0. The fourth-order valence-electron chi connectivity index (χ4n) is 4.05. The Balaban J connectivity index is 0.00000245. The molecule has 1 aliphatic heterocycles. The predicted molar refractivity (Wildman–Crippen MR) is 135 cm³/mol. The number of aromatic nitrogens is 2. The molecule has 2 N–H and O–H groups in total. The molecule has 168 valence electrons. The van der Waals surface area contributed by atoms with E-state index in [1.165, 1.54) is 16.7 Å².